The Morgan fingerprint density at radius 3 is 2.95 bits per heavy atom. The molecule has 21 heavy (non-hydrogen) atoms. The molecule has 0 radical (unpaired) electrons. The molecule has 0 saturated carbocycles. The van der Waals surface area contributed by atoms with E-state index in [-0.39, 0.29) is 0 Å². The van der Waals surface area contributed by atoms with Crippen LogP contribution in [0.2, 0.25) is 0 Å². The first-order valence-electron chi connectivity index (χ1n) is 7.46. The van der Waals surface area contributed by atoms with E-state index in [4.69, 9.17) is 4.98 Å². The molecule has 0 fully saturated rings. The van der Waals surface area contributed by atoms with E-state index in [1.807, 2.05) is 0 Å². The molecule has 0 saturated heterocycles. The van der Waals surface area contributed by atoms with E-state index < -0.39 is 0 Å². The van der Waals surface area contributed by atoms with Gasteiger partial charge in [-0.3, -0.25) is 0 Å². The third-order valence-corrected chi connectivity index (χ3v) is 5.27. The fraction of sp³-hybridized carbons (Fsp3) is 0.353. The highest BCUT2D eigenvalue weighted by Gasteiger charge is 2.20. The number of hydrogen-bond donors (Lipinski definition) is 1. The van der Waals surface area contributed by atoms with Crippen molar-refractivity contribution in [1.82, 2.24) is 14.9 Å². The fourth-order valence-corrected chi connectivity index (χ4v) is 4.21. The van der Waals surface area contributed by atoms with Crippen LogP contribution in [0.4, 0.5) is 0 Å². The van der Waals surface area contributed by atoms with Gasteiger partial charge in [-0.15, -0.1) is 11.3 Å². The van der Waals surface area contributed by atoms with Crippen molar-refractivity contribution in [2.24, 2.45) is 0 Å². The molecule has 3 aromatic rings. The maximum Gasteiger partial charge on any atom is 0.0900 e. The van der Waals surface area contributed by atoms with Gasteiger partial charge in [0.25, 0.3) is 0 Å². The minimum Gasteiger partial charge on any atom is -0.337 e. The number of rotatable bonds is 2. The van der Waals surface area contributed by atoms with Gasteiger partial charge in [0.05, 0.1) is 17.2 Å². The van der Waals surface area contributed by atoms with Crippen LogP contribution in [-0.2, 0) is 19.5 Å². The number of fused-ring (bicyclic) bond motifs is 3. The summed E-state index contributed by atoms with van der Waals surface area (Å²) in [6.45, 7) is 7.19. The largest absolute Gasteiger partial charge is 0.337 e. The molecular weight excluding hydrogens is 278 g/mol. The van der Waals surface area contributed by atoms with E-state index in [0.29, 0.717) is 0 Å². The number of hydrogen-bond acceptors (Lipinski definition) is 3. The van der Waals surface area contributed by atoms with E-state index in [1.54, 1.807) is 11.3 Å². The molecule has 0 bridgehead atoms. The topological polar surface area (TPSA) is 29.9 Å². The third-order valence-electron chi connectivity index (χ3n) is 4.35. The molecule has 3 nitrogen and oxygen atoms in total. The van der Waals surface area contributed by atoms with Crippen LogP contribution in [0, 0.1) is 13.8 Å². The number of nitrogens with zero attached hydrogens (tertiary/aromatic N) is 2. The van der Waals surface area contributed by atoms with Gasteiger partial charge in [-0.2, -0.15) is 0 Å². The minimum absolute atomic E-state index is 0.883. The van der Waals surface area contributed by atoms with Crippen LogP contribution < -0.4 is 5.32 Å². The van der Waals surface area contributed by atoms with Crippen molar-refractivity contribution < 1.29 is 0 Å². The number of aryl methyl sites for hydroxylation is 2. The van der Waals surface area contributed by atoms with Crippen molar-refractivity contribution in [2.45, 2.75) is 33.4 Å². The van der Waals surface area contributed by atoms with Crippen LogP contribution in [0.5, 0.6) is 0 Å². The van der Waals surface area contributed by atoms with Gasteiger partial charge in [0, 0.05) is 28.0 Å². The summed E-state index contributed by atoms with van der Waals surface area (Å²) in [6.07, 6.45) is 1.12. The Morgan fingerprint density at radius 1 is 1.29 bits per heavy atom. The molecule has 4 heteroatoms. The summed E-state index contributed by atoms with van der Waals surface area (Å²) in [6, 6.07) is 8.78. The Morgan fingerprint density at radius 2 is 2.14 bits per heavy atom. The maximum absolute atomic E-state index is 4.72. The maximum atomic E-state index is 4.72. The highest BCUT2D eigenvalue weighted by molar-refractivity contribution is 7.11. The highest BCUT2D eigenvalue weighted by atomic mass is 32.1. The first-order valence-corrected chi connectivity index (χ1v) is 8.28. The van der Waals surface area contributed by atoms with Crippen LogP contribution in [-0.4, -0.2) is 16.1 Å². The van der Waals surface area contributed by atoms with Crippen LogP contribution >= 0.6 is 11.3 Å². The lowest BCUT2D eigenvalue weighted by molar-refractivity contribution is 0.600. The van der Waals surface area contributed by atoms with Gasteiger partial charge in [0.15, 0.2) is 0 Å². The smallest absolute Gasteiger partial charge is 0.0900 e. The van der Waals surface area contributed by atoms with E-state index in [0.717, 1.165) is 31.1 Å². The lowest BCUT2D eigenvalue weighted by atomic mass is 10.1. The summed E-state index contributed by atoms with van der Waals surface area (Å²) in [5.74, 6) is 0. The minimum atomic E-state index is 0.883. The van der Waals surface area contributed by atoms with Crippen LogP contribution in [0.15, 0.2) is 24.3 Å². The monoisotopic (exact) mass is 297 g/mol. The van der Waals surface area contributed by atoms with Crippen molar-refractivity contribution >= 4 is 22.2 Å². The molecule has 1 aliphatic rings. The van der Waals surface area contributed by atoms with Crippen LogP contribution in [0.3, 0.4) is 0 Å². The molecule has 1 aromatic carbocycles. The predicted octanol–water partition coefficient (Wildman–Crippen LogP) is 3.41. The summed E-state index contributed by atoms with van der Waals surface area (Å²) in [5.41, 5.74) is 5.52. The molecule has 108 valence electrons. The van der Waals surface area contributed by atoms with Crippen molar-refractivity contribution in [3.8, 4) is 0 Å². The molecule has 1 aliphatic heterocycles. The number of benzene rings is 1. The van der Waals surface area contributed by atoms with E-state index in [9.17, 15) is 0 Å². The summed E-state index contributed by atoms with van der Waals surface area (Å²) in [5, 5.41) is 6.08. The predicted molar refractivity (Wildman–Crippen MR) is 88.0 cm³/mol. The Balaban J connectivity index is 1.89. The van der Waals surface area contributed by atoms with Gasteiger partial charge in [-0.25, -0.2) is 4.98 Å². The highest BCUT2D eigenvalue weighted by Crippen LogP contribution is 2.30. The summed E-state index contributed by atoms with van der Waals surface area (Å²) < 4.78 is 2.46. The SMILES string of the molecule is Cc1nc(Cn2c3c(c4ccccc42)CCNC3)c(C)s1. The van der Waals surface area contributed by atoms with Gasteiger partial charge in [0.2, 0.25) is 0 Å². The van der Waals surface area contributed by atoms with Gasteiger partial charge in [0.1, 0.15) is 0 Å². The second-order valence-corrected chi connectivity index (χ2v) is 7.10. The average Bonchev–Trinajstić information content (AvgIpc) is 2.98. The molecule has 1 N–H and O–H groups in total. The molecular formula is C17H19N3S. The normalized spacial score (nSPS) is 14.6. The lowest BCUT2D eigenvalue weighted by Gasteiger charge is -2.17. The Hall–Kier alpha value is -1.65. The number of thiazole rings is 1. The number of nitrogens with one attached hydrogen (secondary N) is 1. The van der Waals surface area contributed by atoms with Crippen LogP contribution in [0.1, 0.15) is 26.8 Å². The van der Waals surface area contributed by atoms with E-state index >= 15 is 0 Å². The lowest BCUT2D eigenvalue weighted by Crippen LogP contribution is -2.25. The van der Waals surface area contributed by atoms with Crippen molar-refractivity contribution in [2.75, 3.05) is 6.54 Å². The first kappa shape index (κ1) is 13.0. The zero-order valence-corrected chi connectivity index (χ0v) is 13.3. The zero-order chi connectivity index (χ0) is 14.4. The molecule has 3 heterocycles. The first-order chi connectivity index (χ1) is 10.2. The average molecular weight is 297 g/mol. The summed E-state index contributed by atoms with van der Waals surface area (Å²) in [4.78, 5) is 6.05. The number of aromatic nitrogens is 2. The molecule has 2 aromatic heterocycles. The van der Waals surface area contributed by atoms with Crippen molar-refractivity contribution in [1.29, 1.82) is 0 Å². The molecule has 0 amide bonds. The number of para-hydroxylation sites is 1. The van der Waals surface area contributed by atoms with Crippen LogP contribution in [0.25, 0.3) is 10.9 Å². The van der Waals surface area contributed by atoms with Gasteiger partial charge in [-0.1, -0.05) is 18.2 Å². The second-order valence-electron chi connectivity index (χ2n) is 5.69. The molecule has 0 spiro atoms. The summed E-state index contributed by atoms with van der Waals surface area (Å²) >= 11 is 1.79. The Labute approximate surface area is 128 Å². The van der Waals surface area contributed by atoms with Crippen molar-refractivity contribution in [3.63, 3.8) is 0 Å². The molecule has 0 atom stereocenters. The van der Waals surface area contributed by atoms with Crippen molar-refractivity contribution in [3.05, 3.63) is 51.1 Å². The van der Waals surface area contributed by atoms with E-state index in [2.05, 4.69) is 48.0 Å². The van der Waals surface area contributed by atoms with Gasteiger partial charge >= 0.3 is 0 Å². The van der Waals surface area contributed by atoms with Gasteiger partial charge < -0.3 is 9.88 Å². The fourth-order valence-electron chi connectivity index (χ4n) is 3.38. The third kappa shape index (κ3) is 2.10. The summed E-state index contributed by atoms with van der Waals surface area (Å²) in [7, 11) is 0. The Bertz CT molecular complexity index is 813. The van der Waals surface area contributed by atoms with E-state index in [1.165, 1.54) is 32.7 Å². The Kier molecular flexibility index (Phi) is 3.08. The molecule has 0 unspecified atom stereocenters. The molecule has 4 rings (SSSR count). The zero-order valence-electron chi connectivity index (χ0n) is 12.4. The van der Waals surface area contributed by atoms with Gasteiger partial charge in [-0.05, 0) is 38.4 Å². The quantitative estimate of drug-likeness (QED) is 0.785. The molecule has 0 aliphatic carbocycles. The second kappa shape index (κ2) is 4.97. The standard InChI is InChI=1S/C17H19N3S/c1-11-15(19-12(2)21-11)10-20-16-6-4-3-5-13(16)14-7-8-18-9-17(14)20/h3-6,18H,7-10H2,1-2H3.